The molecule has 1 atom stereocenters. The molecule has 0 radical (unpaired) electrons. The van der Waals surface area contributed by atoms with Crippen molar-refractivity contribution in [2.24, 2.45) is 0 Å². The summed E-state index contributed by atoms with van der Waals surface area (Å²) in [6.07, 6.45) is 2.32. The molecule has 1 fully saturated rings. The van der Waals surface area contributed by atoms with E-state index in [1.807, 2.05) is 32.2 Å². The first-order valence-corrected chi connectivity index (χ1v) is 7.43. The number of anilines is 1. The lowest BCUT2D eigenvalue weighted by molar-refractivity contribution is -0.117. The standard InChI is InChI=1S/C15H22ClN3O.ClH/c1-11-13(16)6-3-7-14(11)18-15(20)10-19-8-4-5-12(19)9-17-2;/h3,6-7,12,17H,4-5,8-10H2,1-2H3,(H,18,20);1H. The van der Waals surface area contributed by atoms with Crippen LogP contribution >= 0.6 is 24.0 Å². The highest BCUT2D eigenvalue weighted by atomic mass is 35.5. The number of likely N-dealkylation sites (tertiary alicyclic amines) is 1. The molecule has 21 heavy (non-hydrogen) atoms. The Morgan fingerprint density at radius 1 is 1.48 bits per heavy atom. The summed E-state index contributed by atoms with van der Waals surface area (Å²) in [5, 5.41) is 6.82. The van der Waals surface area contributed by atoms with Crippen LogP contribution in [0.25, 0.3) is 0 Å². The Balaban J connectivity index is 0.00000220. The maximum Gasteiger partial charge on any atom is 0.238 e. The van der Waals surface area contributed by atoms with Crippen molar-refractivity contribution in [3.63, 3.8) is 0 Å². The first-order chi connectivity index (χ1) is 9.61. The summed E-state index contributed by atoms with van der Waals surface area (Å²) < 4.78 is 0. The third-order valence-electron chi connectivity index (χ3n) is 3.83. The van der Waals surface area contributed by atoms with Gasteiger partial charge in [-0.15, -0.1) is 12.4 Å². The molecule has 2 N–H and O–H groups in total. The molecule has 6 heteroatoms. The van der Waals surface area contributed by atoms with Crippen LogP contribution in [-0.2, 0) is 4.79 Å². The number of carbonyl (C=O) groups is 1. The van der Waals surface area contributed by atoms with E-state index < -0.39 is 0 Å². The molecular weight excluding hydrogens is 309 g/mol. The maximum absolute atomic E-state index is 12.2. The molecule has 0 spiro atoms. The summed E-state index contributed by atoms with van der Waals surface area (Å²) in [5.74, 6) is 0.0263. The van der Waals surface area contributed by atoms with Crippen molar-refractivity contribution in [2.45, 2.75) is 25.8 Å². The van der Waals surface area contributed by atoms with E-state index in [9.17, 15) is 4.79 Å². The Kier molecular flexibility index (Phi) is 7.46. The van der Waals surface area contributed by atoms with E-state index in [0.29, 0.717) is 17.6 Å². The molecule has 1 saturated heterocycles. The second kappa shape index (κ2) is 8.59. The summed E-state index contributed by atoms with van der Waals surface area (Å²) >= 11 is 6.06. The number of amides is 1. The van der Waals surface area contributed by atoms with Crippen molar-refractivity contribution >= 4 is 35.6 Å². The van der Waals surface area contributed by atoms with E-state index in [-0.39, 0.29) is 18.3 Å². The van der Waals surface area contributed by atoms with Gasteiger partial charge in [0.05, 0.1) is 6.54 Å². The van der Waals surface area contributed by atoms with Gasteiger partial charge in [0.2, 0.25) is 5.91 Å². The molecule has 0 bridgehead atoms. The summed E-state index contributed by atoms with van der Waals surface area (Å²) in [5.41, 5.74) is 1.71. The summed E-state index contributed by atoms with van der Waals surface area (Å²) in [6, 6.07) is 6.03. The third kappa shape index (κ3) is 4.85. The van der Waals surface area contributed by atoms with Gasteiger partial charge in [0.1, 0.15) is 0 Å². The molecule has 1 heterocycles. The Hall–Kier alpha value is -0.810. The highest BCUT2D eigenvalue weighted by molar-refractivity contribution is 6.31. The van der Waals surface area contributed by atoms with Gasteiger partial charge in [-0.1, -0.05) is 17.7 Å². The smallest absolute Gasteiger partial charge is 0.238 e. The molecule has 1 aliphatic rings. The quantitative estimate of drug-likeness (QED) is 0.871. The molecule has 0 saturated carbocycles. The summed E-state index contributed by atoms with van der Waals surface area (Å²) in [7, 11) is 1.95. The fourth-order valence-corrected chi connectivity index (χ4v) is 2.86. The Labute approximate surface area is 137 Å². The maximum atomic E-state index is 12.2. The molecule has 1 amide bonds. The zero-order chi connectivity index (χ0) is 14.5. The van der Waals surface area contributed by atoms with Crippen molar-refractivity contribution in [3.8, 4) is 0 Å². The molecule has 0 aromatic heterocycles. The highest BCUT2D eigenvalue weighted by Crippen LogP contribution is 2.23. The predicted octanol–water partition coefficient (Wildman–Crippen LogP) is 2.69. The number of benzene rings is 1. The van der Waals surface area contributed by atoms with Crippen molar-refractivity contribution in [1.82, 2.24) is 10.2 Å². The first kappa shape index (κ1) is 18.2. The number of rotatable bonds is 5. The van der Waals surface area contributed by atoms with Crippen molar-refractivity contribution < 1.29 is 4.79 Å². The van der Waals surface area contributed by atoms with Gasteiger partial charge in [-0.05, 0) is 51.1 Å². The Morgan fingerprint density at radius 3 is 2.95 bits per heavy atom. The van der Waals surface area contributed by atoms with Gasteiger partial charge in [-0.3, -0.25) is 9.69 Å². The number of nitrogens with one attached hydrogen (secondary N) is 2. The van der Waals surface area contributed by atoms with E-state index in [0.717, 1.165) is 37.2 Å². The van der Waals surface area contributed by atoms with Crippen LogP contribution in [0.5, 0.6) is 0 Å². The molecule has 1 unspecified atom stereocenters. The molecule has 0 aliphatic carbocycles. The van der Waals surface area contributed by atoms with Gasteiger partial charge in [-0.25, -0.2) is 0 Å². The van der Waals surface area contributed by atoms with Crippen LogP contribution in [0.2, 0.25) is 5.02 Å². The average Bonchev–Trinajstić information content (AvgIpc) is 2.83. The fourth-order valence-electron chi connectivity index (χ4n) is 2.69. The van der Waals surface area contributed by atoms with Gasteiger partial charge in [0.25, 0.3) is 0 Å². The van der Waals surface area contributed by atoms with E-state index in [4.69, 9.17) is 11.6 Å². The number of halogens is 2. The van der Waals surface area contributed by atoms with E-state index in [1.54, 1.807) is 0 Å². The topological polar surface area (TPSA) is 44.4 Å². The summed E-state index contributed by atoms with van der Waals surface area (Å²) in [4.78, 5) is 14.4. The van der Waals surface area contributed by atoms with Crippen LogP contribution in [0.4, 0.5) is 5.69 Å². The van der Waals surface area contributed by atoms with Gasteiger partial charge in [0, 0.05) is 23.3 Å². The van der Waals surface area contributed by atoms with Crippen LogP contribution < -0.4 is 10.6 Å². The van der Waals surface area contributed by atoms with Crippen molar-refractivity contribution in [3.05, 3.63) is 28.8 Å². The van der Waals surface area contributed by atoms with Crippen LogP contribution in [0.3, 0.4) is 0 Å². The SMILES string of the molecule is CNCC1CCCN1CC(=O)Nc1cccc(Cl)c1C.Cl. The van der Waals surface area contributed by atoms with Crippen LogP contribution in [-0.4, -0.2) is 43.5 Å². The van der Waals surface area contributed by atoms with Gasteiger partial charge < -0.3 is 10.6 Å². The molecule has 4 nitrogen and oxygen atoms in total. The second-order valence-corrected chi connectivity index (χ2v) is 5.69. The first-order valence-electron chi connectivity index (χ1n) is 7.05. The van der Waals surface area contributed by atoms with Crippen LogP contribution in [0, 0.1) is 6.92 Å². The number of likely N-dealkylation sites (N-methyl/N-ethyl adjacent to an activating group) is 1. The third-order valence-corrected chi connectivity index (χ3v) is 4.24. The fraction of sp³-hybridized carbons (Fsp3) is 0.533. The zero-order valence-electron chi connectivity index (χ0n) is 12.5. The van der Waals surface area contributed by atoms with Gasteiger partial charge in [-0.2, -0.15) is 0 Å². The number of hydrogen-bond donors (Lipinski definition) is 2. The minimum atomic E-state index is 0. The number of carbonyl (C=O) groups excluding carboxylic acids is 1. The van der Waals surface area contributed by atoms with Crippen molar-refractivity contribution in [1.29, 1.82) is 0 Å². The molecule has 1 aliphatic heterocycles. The lowest BCUT2D eigenvalue weighted by Gasteiger charge is -2.23. The lowest BCUT2D eigenvalue weighted by Crippen LogP contribution is -2.41. The molecule has 2 rings (SSSR count). The van der Waals surface area contributed by atoms with Gasteiger partial charge >= 0.3 is 0 Å². The van der Waals surface area contributed by atoms with Gasteiger partial charge in [0.15, 0.2) is 0 Å². The van der Waals surface area contributed by atoms with Crippen LogP contribution in [0.1, 0.15) is 18.4 Å². The molecule has 1 aromatic carbocycles. The number of nitrogens with zero attached hydrogens (tertiary/aromatic N) is 1. The second-order valence-electron chi connectivity index (χ2n) is 5.28. The average molecular weight is 332 g/mol. The lowest BCUT2D eigenvalue weighted by atomic mass is 10.2. The van der Waals surface area contributed by atoms with E-state index in [1.165, 1.54) is 0 Å². The Bertz CT molecular complexity index is 482. The number of hydrogen-bond acceptors (Lipinski definition) is 3. The van der Waals surface area contributed by atoms with Crippen LogP contribution in [0.15, 0.2) is 18.2 Å². The monoisotopic (exact) mass is 331 g/mol. The summed E-state index contributed by atoms with van der Waals surface area (Å²) in [6.45, 7) is 4.29. The predicted molar refractivity (Wildman–Crippen MR) is 90.6 cm³/mol. The molecular formula is C15H23Cl2N3O. The van der Waals surface area contributed by atoms with E-state index >= 15 is 0 Å². The zero-order valence-corrected chi connectivity index (χ0v) is 14.1. The molecule has 118 valence electrons. The highest BCUT2D eigenvalue weighted by Gasteiger charge is 2.25. The van der Waals surface area contributed by atoms with Crippen molar-refractivity contribution in [2.75, 3.05) is 32.0 Å². The molecule has 1 aromatic rings. The Morgan fingerprint density at radius 2 is 2.24 bits per heavy atom. The minimum Gasteiger partial charge on any atom is -0.325 e. The normalized spacial score (nSPS) is 18.3. The minimum absolute atomic E-state index is 0. The van der Waals surface area contributed by atoms with E-state index in [2.05, 4.69) is 15.5 Å². The largest absolute Gasteiger partial charge is 0.325 e.